The zero-order valence-electron chi connectivity index (χ0n) is 21.9. The smallest absolute Gasteiger partial charge is 0.382 e. The second-order valence-corrected chi connectivity index (χ2v) is 12.7. The van der Waals surface area contributed by atoms with Crippen LogP contribution in [0.25, 0.3) is 22.3 Å². The van der Waals surface area contributed by atoms with E-state index >= 15 is 4.39 Å². The van der Waals surface area contributed by atoms with Gasteiger partial charge in [0.15, 0.2) is 41.3 Å². The van der Waals surface area contributed by atoms with E-state index in [-0.39, 0.29) is 40.5 Å². The number of halogens is 1. The predicted octanol–water partition coefficient (Wildman–Crippen LogP) is -2.22. The minimum Gasteiger partial charge on any atom is -0.382 e. The summed E-state index contributed by atoms with van der Waals surface area (Å²) in [7, 11) is -9.65. The van der Waals surface area contributed by atoms with Gasteiger partial charge in [0.2, 0.25) is 5.95 Å². The highest BCUT2D eigenvalue weighted by Gasteiger charge is 2.52. The molecule has 0 spiro atoms. The summed E-state index contributed by atoms with van der Waals surface area (Å²) in [6, 6.07) is 0. The van der Waals surface area contributed by atoms with Gasteiger partial charge in [0, 0.05) is 13.0 Å². The first-order valence-corrected chi connectivity index (χ1v) is 15.6. The first-order chi connectivity index (χ1) is 20.9. The van der Waals surface area contributed by atoms with Gasteiger partial charge in [0.05, 0.1) is 19.0 Å². The molecule has 0 aliphatic carbocycles. The standard InChI is InChI=1S/C19H22FN12O10PS/c20-9-12-8(40-18(9)31-5-25-10-13(21)23-4-24-14(10)31)2-26-44(36,37)42-7-1-6(3-38-43(34,35)41-12)39-17(7)32-15-11(29-30-32)16(33)28-19(22)27-15/h4-9,12,17-18,26H,1-3H2,(H,34,35)(H2,21,23,24)(H3,22,27,28,33)/t6-,7+,8+,9+,12+,17+,18+/m0/s1. The number of nitrogens with one attached hydrogen (secondary N) is 2. The zero-order valence-corrected chi connectivity index (χ0v) is 23.6. The van der Waals surface area contributed by atoms with Crippen molar-refractivity contribution in [3.05, 3.63) is 23.0 Å². The number of H-pyrrole nitrogens is 1. The lowest BCUT2D eigenvalue weighted by atomic mass is 10.1. The highest BCUT2D eigenvalue weighted by atomic mass is 32.2. The van der Waals surface area contributed by atoms with E-state index < -0.39 is 79.9 Å². The number of phosphoric ester groups is 1. The molecule has 7 rings (SSSR count). The highest BCUT2D eigenvalue weighted by molar-refractivity contribution is 7.84. The number of fused-ring (bicyclic) bond motifs is 5. The lowest BCUT2D eigenvalue weighted by Gasteiger charge is -2.24. The number of aromatic nitrogens is 9. The van der Waals surface area contributed by atoms with Gasteiger partial charge in [-0.15, -0.1) is 5.10 Å². The summed E-state index contributed by atoms with van der Waals surface area (Å²) >= 11 is 0. The number of ether oxygens (including phenoxy) is 2. The maximum atomic E-state index is 15.9. The Morgan fingerprint density at radius 2 is 1.93 bits per heavy atom. The molecule has 22 nitrogen and oxygen atoms in total. The van der Waals surface area contributed by atoms with Gasteiger partial charge in [-0.1, -0.05) is 5.21 Å². The topological polar surface area (TPSA) is 302 Å². The van der Waals surface area contributed by atoms with Gasteiger partial charge < -0.3 is 25.8 Å². The fourth-order valence-electron chi connectivity index (χ4n) is 5.16. The first kappa shape index (κ1) is 29.0. The summed E-state index contributed by atoms with van der Waals surface area (Å²) in [5, 5.41) is 7.58. The number of hydrogen-bond acceptors (Lipinski definition) is 17. The fourth-order valence-corrected chi connectivity index (χ4v) is 7.07. The molecule has 7 heterocycles. The quantitative estimate of drug-likeness (QED) is 0.142. The van der Waals surface area contributed by atoms with Gasteiger partial charge in [-0.2, -0.15) is 22.8 Å². The summed E-state index contributed by atoms with van der Waals surface area (Å²) in [5.41, 5.74) is 10.6. The number of aromatic amines is 1. The summed E-state index contributed by atoms with van der Waals surface area (Å²) in [4.78, 5) is 40.9. The summed E-state index contributed by atoms with van der Waals surface area (Å²) in [5.74, 6) is -0.259. The average Bonchev–Trinajstić information content (AvgIpc) is 3.72. The molecule has 0 radical (unpaired) electrons. The molecule has 3 aliphatic heterocycles. The van der Waals surface area contributed by atoms with Crippen molar-refractivity contribution >= 4 is 52.2 Å². The fraction of sp³-hybridized carbons (Fsp3) is 0.526. The van der Waals surface area contributed by atoms with E-state index in [1.807, 2.05) is 0 Å². The summed E-state index contributed by atoms with van der Waals surface area (Å²) < 4.78 is 86.5. The van der Waals surface area contributed by atoms with Gasteiger partial charge in [0.25, 0.3) is 5.56 Å². The van der Waals surface area contributed by atoms with Gasteiger partial charge in [0.1, 0.15) is 30.2 Å². The maximum absolute atomic E-state index is 15.9. The van der Waals surface area contributed by atoms with E-state index in [9.17, 15) is 22.7 Å². The molecule has 0 aromatic carbocycles. The van der Waals surface area contributed by atoms with Crippen LogP contribution in [0.3, 0.4) is 0 Å². The molecule has 3 saturated heterocycles. The number of nitrogen functional groups attached to an aromatic ring is 2. The molecule has 4 aromatic rings. The van der Waals surface area contributed by atoms with Crippen LogP contribution in [0.2, 0.25) is 0 Å². The number of nitrogens with two attached hydrogens (primary N) is 2. The van der Waals surface area contributed by atoms with Crippen LogP contribution in [0.1, 0.15) is 18.9 Å². The van der Waals surface area contributed by atoms with Crippen molar-refractivity contribution < 1.29 is 45.0 Å². The number of anilines is 2. The van der Waals surface area contributed by atoms with Crippen LogP contribution in [0, 0.1) is 0 Å². The molecule has 3 fully saturated rings. The van der Waals surface area contributed by atoms with Crippen molar-refractivity contribution in [3.63, 3.8) is 0 Å². The SMILES string of the molecule is Nc1nc2c(nnn2[C@@H]2O[C@@H]3COP(=O)(O)O[C@H]4[C@@H](F)[C@H](n5cnc6c(N)ncnc65)O[C@@H]4CNS(=O)(=O)O[C@@H]2C3)c(=O)[nH]1. The maximum Gasteiger partial charge on any atom is 0.472 e. The number of phosphoric acid groups is 1. The average molecular weight is 660 g/mol. The Labute approximate surface area is 243 Å². The van der Waals surface area contributed by atoms with Crippen LogP contribution in [-0.2, 0) is 37.6 Å². The molecule has 236 valence electrons. The van der Waals surface area contributed by atoms with E-state index in [0.717, 1.165) is 11.0 Å². The van der Waals surface area contributed by atoms with Gasteiger partial charge in [-0.05, 0) is 0 Å². The molecule has 2 bridgehead atoms. The largest absolute Gasteiger partial charge is 0.472 e. The van der Waals surface area contributed by atoms with Crippen molar-refractivity contribution in [1.82, 2.24) is 49.2 Å². The number of rotatable bonds is 2. The molecule has 44 heavy (non-hydrogen) atoms. The van der Waals surface area contributed by atoms with E-state index in [1.165, 1.54) is 10.9 Å². The molecular weight excluding hydrogens is 638 g/mol. The van der Waals surface area contributed by atoms with Crippen molar-refractivity contribution in [2.45, 2.75) is 49.5 Å². The number of nitrogens with zero attached hydrogens (tertiary/aromatic N) is 8. The Kier molecular flexibility index (Phi) is 6.87. The normalized spacial score (nSPS) is 34.4. The Bertz CT molecular complexity index is 1970. The number of alkyl halides is 1. The van der Waals surface area contributed by atoms with E-state index in [0.29, 0.717) is 0 Å². The molecule has 8 atom stereocenters. The molecule has 4 aromatic heterocycles. The molecule has 1 unspecified atom stereocenters. The highest BCUT2D eigenvalue weighted by Crippen LogP contribution is 2.50. The lowest BCUT2D eigenvalue weighted by molar-refractivity contribution is -0.0546. The van der Waals surface area contributed by atoms with Crippen LogP contribution in [0.4, 0.5) is 16.2 Å². The van der Waals surface area contributed by atoms with Gasteiger partial charge >= 0.3 is 18.1 Å². The van der Waals surface area contributed by atoms with Crippen molar-refractivity contribution in [3.8, 4) is 0 Å². The Morgan fingerprint density at radius 3 is 2.75 bits per heavy atom. The second kappa shape index (κ2) is 10.4. The second-order valence-electron chi connectivity index (χ2n) is 9.91. The van der Waals surface area contributed by atoms with Crippen LogP contribution in [-0.4, -0.2) is 102 Å². The Balaban J connectivity index is 1.19. The molecular formula is C19H22FN12O10PS. The predicted molar refractivity (Wildman–Crippen MR) is 140 cm³/mol. The van der Waals surface area contributed by atoms with Crippen molar-refractivity contribution in [1.29, 1.82) is 0 Å². The third-order valence-electron chi connectivity index (χ3n) is 7.06. The lowest BCUT2D eigenvalue weighted by Crippen LogP contribution is -2.42. The minimum absolute atomic E-state index is 0.0132. The van der Waals surface area contributed by atoms with Crippen molar-refractivity contribution in [2.75, 3.05) is 24.6 Å². The summed E-state index contributed by atoms with van der Waals surface area (Å²) in [6.45, 7) is -1.30. The van der Waals surface area contributed by atoms with Crippen LogP contribution in [0.15, 0.2) is 17.4 Å². The first-order valence-electron chi connectivity index (χ1n) is 12.7. The van der Waals surface area contributed by atoms with Crippen LogP contribution >= 0.6 is 7.82 Å². The Morgan fingerprint density at radius 1 is 1.11 bits per heavy atom. The van der Waals surface area contributed by atoms with Crippen molar-refractivity contribution in [2.24, 2.45) is 0 Å². The van der Waals surface area contributed by atoms with E-state index in [1.54, 1.807) is 0 Å². The molecule has 7 N–H and O–H groups in total. The van der Waals surface area contributed by atoms with Crippen LogP contribution < -0.4 is 21.7 Å². The van der Waals surface area contributed by atoms with Gasteiger partial charge in [-0.3, -0.25) is 23.4 Å². The zero-order chi connectivity index (χ0) is 31.0. The van der Waals surface area contributed by atoms with Gasteiger partial charge in [-0.25, -0.2) is 28.1 Å². The third kappa shape index (κ3) is 5.08. The molecule has 0 saturated carbocycles. The van der Waals surface area contributed by atoms with E-state index in [2.05, 4.69) is 40.0 Å². The molecule has 3 aliphatic rings. The third-order valence-corrected chi connectivity index (χ3v) is 9.06. The monoisotopic (exact) mass is 660 g/mol. The molecule has 25 heteroatoms. The Hall–Kier alpha value is -3.74. The van der Waals surface area contributed by atoms with Crippen LogP contribution in [0.5, 0.6) is 0 Å². The number of imidazole rings is 1. The summed E-state index contributed by atoms with van der Waals surface area (Å²) in [6.07, 6.45) is -8.64. The number of hydrogen-bond donors (Lipinski definition) is 5. The minimum atomic E-state index is -5.01. The molecule has 0 amide bonds. The van der Waals surface area contributed by atoms with E-state index in [4.69, 9.17) is 34.2 Å².